The fourth-order valence-electron chi connectivity index (χ4n) is 0.513. The SMILES string of the molecule is Cl.N#Cc1ccccc1.O. The van der Waals surface area contributed by atoms with Crippen molar-refractivity contribution in [3.63, 3.8) is 0 Å². The summed E-state index contributed by atoms with van der Waals surface area (Å²) in [7, 11) is 0. The Bertz CT molecular complexity index is 205. The molecular formula is C7H8ClNO. The molecule has 0 unspecified atom stereocenters. The number of rotatable bonds is 0. The normalized spacial score (nSPS) is 6.30. The van der Waals surface area contributed by atoms with E-state index in [-0.39, 0.29) is 17.9 Å². The second-order valence-corrected chi connectivity index (χ2v) is 1.48. The molecule has 0 fully saturated rings. The molecule has 0 atom stereocenters. The lowest BCUT2D eigenvalue weighted by Crippen LogP contribution is -1.66. The molecule has 3 heteroatoms. The lowest BCUT2D eigenvalue weighted by Gasteiger charge is -1.80. The second kappa shape index (κ2) is 6.09. The first-order chi connectivity index (χ1) is 3.93. The van der Waals surface area contributed by atoms with E-state index in [2.05, 4.69) is 0 Å². The first-order valence-electron chi connectivity index (χ1n) is 2.38. The van der Waals surface area contributed by atoms with Crippen LogP contribution in [-0.2, 0) is 0 Å². The van der Waals surface area contributed by atoms with Crippen LogP contribution in [0.15, 0.2) is 30.3 Å². The lowest BCUT2D eigenvalue weighted by molar-refractivity contribution is 0.824. The molecule has 0 aliphatic rings. The Balaban J connectivity index is 0. The van der Waals surface area contributed by atoms with Crippen molar-refractivity contribution in [2.45, 2.75) is 0 Å². The minimum absolute atomic E-state index is 0. The van der Waals surface area contributed by atoms with Crippen molar-refractivity contribution in [3.05, 3.63) is 35.9 Å². The van der Waals surface area contributed by atoms with E-state index in [1.54, 1.807) is 12.1 Å². The molecule has 0 spiro atoms. The fourth-order valence-corrected chi connectivity index (χ4v) is 0.513. The number of benzene rings is 1. The van der Waals surface area contributed by atoms with Gasteiger partial charge in [0.15, 0.2) is 0 Å². The number of nitrogens with zero attached hydrogens (tertiary/aromatic N) is 1. The predicted octanol–water partition coefficient (Wildman–Crippen LogP) is 1.16. The highest BCUT2D eigenvalue weighted by Gasteiger charge is 1.79. The zero-order valence-electron chi connectivity index (χ0n) is 5.24. The zero-order valence-corrected chi connectivity index (χ0v) is 6.06. The van der Waals surface area contributed by atoms with Gasteiger partial charge in [0.1, 0.15) is 0 Å². The van der Waals surface area contributed by atoms with Crippen molar-refractivity contribution >= 4 is 12.4 Å². The molecule has 1 aromatic rings. The third kappa shape index (κ3) is 3.08. The summed E-state index contributed by atoms with van der Waals surface area (Å²) in [6.45, 7) is 0. The molecule has 0 heterocycles. The Kier molecular flexibility index (Phi) is 7.13. The molecule has 0 saturated heterocycles. The summed E-state index contributed by atoms with van der Waals surface area (Å²) in [5.74, 6) is 0. The average molecular weight is 158 g/mol. The maximum atomic E-state index is 8.29. The van der Waals surface area contributed by atoms with E-state index in [0.29, 0.717) is 5.56 Å². The van der Waals surface area contributed by atoms with Gasteiger partial charge in [0.25, 0.3) is 0 Å². The van der Waals surface area contributed by atoms with Gasteiger partial charge in [-0.3, -0.25) is 0 Å². The monoisotopic (exact) mass is 157 g/mol. The van der Waals surface area contributed by atoms with Gasteiger partial charge in [0, 0.05) is 0 Å². The highest BCUT2D eigenvalue weighted by Crippen LogP contribution is 1.92. The summed E-state index contributed by atoms with van der Waals surface area (Å²) >= 11 is 0. The van der Waals surface area contributed by atoms with E-state index in [9.17, 15) is 0 Å². The first kappa shape index (κ1) is 11.7. The van der Waals surface area contributed by atoms with Gasteiger partial charge < -0.3 is 5.48 Å². The highest BCUT2D eigenvalue weighted by atomic mass is 35.5. The average Bonchev–Trinajstić information content (AvgIpc) is 1.90. The number of hydrogen-bond donors (Lipinski definition) is 0. The lowest BCUT2D eigenvalue weighted by atomic mass is 10.2. The summed E-state index contributed by atoms with van der Waals surface area (Å²) in [6.07, 6.45) is 0. The van der Waals surface area contributed by atoms with Crippen molar-refractivity contribution in [1.82, 2.24) is 0 Å². The number of halogens is 1. The number of nitriles is 1. The molecule has 0 aliphatic carbocycles. The van der Waals surface area contributed by atoms with Gasteiger partial charge in [-0.1, -0.05) is 18.2 Å². The molecule has 0 saturated carbocycles. The highest BCUT2D eigenvalue weighted by molar-refractivity contribution is 5.85. The molecule has 0 amide bonds. The predicted molar refractivity (Wildman–Crippen MR) is 42.0 cm³/mol. The molecule has 0 aromatic heterocycles. The van der Waals surface area contributed by atoms with Crippen molar-refractivity contribution in [2.24, 2.45) is 0 Å². The topological polar surface area (TPSA) is 55.3 Å². The van der Waals surface area contributed by atoms with Gasteiger partial charge in [-0.25, -0.2) is 0 Å². The van der Waals surface area contributed by atoms with Crippen molar-refractivity contribution < 1.29 is 5.48 Å². The molecule has 1 rings (SSSR count). The van der Waals surface area contributed by atoms with Crippen LogP contribution in [0.1, 0.15) is 5.56 Å². The van der Waals surface area contributed by atoms with Crippen LogP contribution in [0.3, 0.4) is 0 Å². The summed E-state index contributed by atoms with van der Waals surface area (Å²) < 4.78 is 0. The maximum absolute atomic E-state index is 8.29. The summed E-state index contributed by atoms with van der Waals surface area (Å²) in [6, 6.07) is 11.2. The Morgan fingerprint density at radius 2 is 1.60 bits per heavy atom. The van der Waals surface area contributed by atoms with Gasteiger partial charge in [-0.15, -0.1) is 12.4 Å². The van der Waals surface area contributed by atoms with Crippen LogP contribution in [-0.4, -0.2) is 5.48 Å². The van der Waals surface area contributed by atoms with E-state index >= 15 is 0 Å². The van der Waals surface area contributed by atoms with Crippen molar-refractivity contribution in [1.29, 1.82) is 5.26 Å². The summed E-state index contributed by atoms with van der Waals surface area (Å²) in [5, 5.41) is 8.29. The van der Waals surface area contributed by atoms with Crippen LogP contribution in [0.5, 0.6) is 0 Å². The smallest absolute Gasteiger partial charge is 0.0991 e. The van der Waals surface area contributed by atoms with Crippen LogP contribution in [0.4, 0.5) is 0 Å². The third-order valence-electron chi connectivity index (χ3n) is 0.903. The minimum Gasteiger partial charge on any atom is -0.412 e. The van der Waals surface area contributed by atoms with Crippen LogP contribution in [0.25, 0.3) is 0 Å². The van der Waals surface area contributed by atoms with Gasteiger partial charge in [-0.05, 0) is 12.1 Å². The molecule has 54 valence electrons. The zero-order chi connectivity index (χ0) is 5.82. The molecule has 0 bridgehead atoms. The molecule has 0 radical (unpaired) electrons. The van der Waals surface area contributed by atoms with Crippen LogP contribution in [0.2, 0.25) is 0 Å². The number of hydrogen-bond acceptors (Lipinski definition) is 1. The molecular weight excluding hydrogens is 150 g/mol. The molecule has 10 heavy (non-hydrogen) atoms. The second-order valence-electron chi connectivity index (χ2n) is 1.48. The quantitative estimate of drug-likeness (QED) is 0.558. The van der Waals surface area contributed by atoms with Crippen molar-refractivity contribution in [3.8, 4) is 6.07 Å². The van der Waals surface area contributed by atoms with Crippen LogP contribution >= 0.6 is 12.4 Å². The molecule has 2 nitrogen and oxygen atoms in total. The first-order valence-corrected chi connectivity index (χ1v) is 2.38. The summed E-state index contributed by atoms with van der Waals surface area (Å²) in [4.78, 5) is 0. The van der Waals surface area contributed by atoms with Crippen LogP contribution < -0.4 is 0 Å². The van der Waals surface area contributed by atoms with Crippen molar-refractivity contribution in [2.75, 3.05) is 0 Å². The van der Waals surface area contributed by atoms with Crippen LogP contribution in [0, 0.1) is 11.3 Å². The summed E-state index contributed by atoms with van der Waals surface area (Å²) in [5.41, 5.74) is 0.715. The fraction of sp³-hybridized carbons (Fsp3) is 0. The Morgan fingerprint density at radius 3 is 1.90 bits per heavy atom. The standard InChI is InChI=1S/C7H5N.ClH.H2O/c8-6-7-4-2-1-3-5-7;;/h1-5H;1H;1H2. The van der Waals surface area contributed by atoms with Gasteiger partial charge in [0.05, 0.1) is 11.6 Å². The van der Waals surface area contributed by atoms with Gasteiger partial charge in [-0.2, -0.15) is 5.26 Å². The van der Waals surface area contributed by atoms with E-state index in [0.717, 1.165) is 0 Å². The maximum Gasteiger partial charge on any atom is 0.0991 e. The largest absolute Gasteiger partial charge is 0.412 e. The third-order valence-corrected chi connectivity index (χ3v) is 0.903. The Morgan fingerprint density at radius 1 is 1.10 bits per heavy atom. The molecule has 0 aliphatic heterocycles. The van der Waals surface area contributed by atoms with E-state index in [1.165, 1.54) is 0 Å². The molecule has 2 N–H and O–H groups in total. The minimum atomic E-state index is 0. The Hall–Kier alpha value is -1.04. The van der Waals surface area contributed by atoms with Gasteiger partial charge >= 0.3 is 0 Å². The molecule has 1 aromatic carbocycles. The van der Waals surface area contributed by atoms with E-state index in [4.69, 9.17) is 5.26 Å². The van der Waals surface area contributed by atoms with E-state index < -0.39 is 0 Å². The van der Waals surface area contributed by atoms with Gasteiger partial charge in [0.2, 0.25) is 0 Å². The van der Waals surface area contributed by atoms with E-state index in [1.807, 2.05) is 24.3 Å². The Labute approximate surface area is 65.8 Å².